The van der Waals surface area contributed by atoms with Crippen molar-refractivity contribution in [3.8, 4) is 0 Å². The highest BCUT2D eigenvalue weighted by molar-refractivity contribution is 5.87. The van der Waals surface area contributed by atoms with Gasteiger partial charge in [0.2, 0.25) is 5.91 Å². The molecule has 5 rings (SSSR count). The van der Waals surface area contributed by atoms with E-state index in [1.54, 1.807) is 27.7 Å². The van der Waals surface area contributed by atoms with Crippen molar-refractivity contribution in [1.82, 2.24) is 10.5 Å². The molecule has 0 aliphatic rings. The molecule has 0 saturated carbocycles. The van der Waals surface area contributed by atoms with Crippen molar-refractivity contribution in [2.45, 2.75) is 65.7 Å². The van der Waals surface area contributed by atoms with Crippen molar-refractivity contribution in [2.75, 3.05) is 6.61 Å². The molecular formula is C36H38N2O6. The number of amides is 1. The molecule has 2 unspecified atom stereocenters. The van der Waals surface area contributed by atoms with E-state index in [0.29, 0.717) is 28.4 Å². The van der Waals surface area contributed by atoms with Crippen LogP contribution < -0.4 is 5.32 Å². The van der Waals surface area contributed by atoms with Crippen LogP contribution in [-0.4, -0.2) is 34.2 Å². The number of aliphatic hydroxyl groups is 1. The first-order chi connectivity index (χ1) is 21.0. The maximum absolute atomic E-state index is 13.5. The van der Waals surface area contributed by atoms with Crippen molar-refractivity contribution in [3.05, 3.63) is 123 Å². The molecule has 5 aromatic rings. The summed E-state index contributed by atoms with van der Waals surface area (Å²) in [5.41, 5.74) is 5.73. The number of hydrogen-bond donors (Lipinski definition) is 2. The van der Waals surface area contributed by atoms with Crippen LogP contribution in [0.15, 0.2) is 81.7 Å². The largest absolute Gasteiger partial charge is 0.458 e. The number of Topliss-reactive ketones (excluding diaryl/α,β-unsaturated/α-hetero) is 1. The Balaban J connectivity index is 1.42. The Kier molecular flexibility index (Phi) is 8.85. The minimum absolute atomic E-state index is 0.108. The number of nitrogens with zero attached hydrogens (tertiary/aromatic N) is 1. The zero-order valence-electron chi connectivity index (χ0n) is 25.9. The maximum atomic E-state index is 13.5. The topological polar surface area (TPSA) is 115 Å². The van der Waals surface area contributed by atoms with Gasteiger partial charge in [-0.15, -0.1) is 0 Å². The quantitative estimate of drug-likeness (QED) is 0.178. The zero-order valence-corrected chi connectivity index (χ0v) is 25.9. The summed E-state index contributed by atoms with van der Waals surface area (Å²) in [6, 6.07) is 23.4. The highest BCUT2D eigenvalue weighted by Gasteiger charge is 2.36. The van der Waals surface area contributed by atoms with Gasteiger partial charge in [0.15, 0.2) is 5.78 Å². The summed E-state index contributed by atoms with van der Waals surface area (Å²) in [7, 11) is 0. The molecule has 44 heavy (non-hydrogen) atoms. The number of nitrogens with one attached hydrogen (secondary N) is 1. The molecule has 0 saturated heterocycles. The van der Waals surface area contributed by atoms with Gasteiger partial charge < -0.3 is 24.1 Å². The van der Waals surface area contributed by atoms with Crippen molar-refractivity contribution in [3.63, 3.8) is 0 Å². The van der Waals surface area contributed by atoms with Crippen molar-refractivity contribution in [2.24, 2.45) is 0 Å². The smallest absolute Gasteiger partial charge is 0.225 e. The van der Waals surface area contributed by atoms with Crippen LogP contribution in [0.2, 0.25) is 0 Å². The van der Waals surface area contributed by atoms with Gasteiger partial charge in [-0.25, -0.2) is 0 Å². The second-order valence-electron chi connectivity index (χ2n) is 11.8. The van der Waals surface area contributed by atoms with Gasteiger partial charge in [-0.3, -0.25) is 9.59 Å². The van der Waals surface area contributed by atoms with E-state index < -0.39 is 24.1 Å². The number of rotatable bonds is 11. The fourth-order valence-corrected chi connectivity index (χ4v) is 5.56. The first kappa shape index (κ1) is 30.9. The molecular weight excluding hydrogens is 556 g/mol. The molecule has 0 bridgehead atoms. The molecule has 2 N–H and O–H groups in total. The lowest BCUT2D eigenvalue weighted by Crippen LogP contribution is -2.38. The summed E-state index contributed by atoms with van der Waals surface area (Å²) in [6.07, 6.45) is -0.637. The van der Waals surface area contributed by atoms with Gasteiger partial charge in [0.05, 0.1) is 23.7 Å². The number of ketones is 1. The summed E-state index contributed by atoms with van der Waals surface area (Å²) >= 11 is 0. The first-order valence-corrected chi connectivity index (χ1v) is 14.7. The molecule has 8 heteroatoms. The van der Waals surface area contributed by atoms with Crippen molar-refractivity contribution < 1.29 is 28.4 Å². The van der Waals surface area contributed by atoms with Gasteiger partial charge >= 0.3 is 0 Å². The normalized spacial score (nSPS) is 13.2. The van der Waals surface area contributed by atoms with Gasteiger partial charge in [-0.1, -0.05) is 65.3 Å². The lowest BCUT2D eigenvalue weighted by Gasteiger charge is -2.28. The number of aliphatic hydroxyl groups excluding tert-OH is 1. The van der Waals surface area contributed by atoms with Crippen molar-refractivity contribution >= 4 is 22.7 Å². The Morgan fingerprint density at radius 1 is 0.977 bits per heavy atom. The van der Waals surface area contributed by atoms with Crippen molar-refractivity contribution in [1.29, 1.82) is 0 Å². The van der Waals surface area contributed by atoms with E-state index in [4.69, 9.17) is 13.7 Å². The highest BCUT2D eigenvalue weighted by atomic mass is 16.5. The van der Waals surface area contributed by atoms with E-state index in [0.717, 1.165) is 27.6 Å². The Morgan fingerprint density at radius 3 is 2.39 bits per heavy atom. The molecule has 8 nitrogen and oxygen atoms in total. The van der Waals surface area contributed by atoms with Gasteiger partial charge in [0, 0.05) is 5.39 Å². The maximum Gasteiger partial charge on any atom is 0.225 e. The number of furan rings is 1. The number of carbonyl (C=O) groups is 2. The van der Waals surface area contributed by atoms with E-state index in [-0.39, 0.29) is 18.4 Å². The van der Waals surface area contributed by atoms with Crippen LogP contribution >= 0.6 is 0 Å². The summed E-state index contributed by atoms with van der Waals surface area (Å²) in [6.45, 7) is 10.3. The van der Waals surface area contributed by atoms with E-state index in [9.17, 15) is 14.7 Å². The van der Waals surface area contributed by atoms with Gasteiger partial charge in [-0.05, 0) is 82.0 Å². The third-order valence-corrected chi connectivity index (χ3v) is 7.98. The molecule has 2 atom stereocenters. The molecule has 0 radical (unpaired) electrons. The SMILES string of the molecule is Cc1ccc(C(NC(=O)Cc2ccc3oc(C(OC(C)(C)C(=O)CO)c4c(C)noc4C)cc3c2)c2ccccc2)c(C)c1. The van der Waals surface area contributed by atoms with Crippen LogP contribution in [0.1, 0.15) is 76.6 Å². The number of hydrogen-bond acceptors (Lipinski definition) is 7. The molecule has 0 spiro atoms. The van der Waals surface area contributed by atoms with Gasteiger partial charge in [0.25, 0.3) is 0 Å². The number of carbonyl (C=O) groups excluding carboxylic acids is 2. The lowest BCUT2D eigenvalue weighted by atomic mass is 9.93. The standard InChI is InChI=1S/C36H38N2O6/c1-21-12-14-28(22(2)16-21)34(26-10-8-7-9-11-26)37-32(41)18-25-13-15-29-27(17-25)19-30(42-29)35(33-23(3)38-44-24(33)4)43-36(5,6)31(40)20-39/h7-17,19,34-35,39H,18,20H2,1-6H3,(H,37,41). The second kappa shape index (κ2) is 12.6. The van der Waals surface area contributed by atoms with Crippen LogP contribution in [0.25, 0.3) is 11.0 Å². The first-order valence-electron chi connectivity index (χ1n) is 14.7. The number of ether oxygens (including phenoxy) is 1. The Bertz CT molecular complexity index is 1780. The third-order valence-electron chi connectivity index (χ3n) is 7.98. The minimum atomic E-state index is -1.30. The summed E-state index contributed by atoms with van der Waals surface area (Å²) < 4.78 is 17.9. The summed E-state index contributed by atoms with van der Waals surface area (Å²) in [5, 5.41) is 17.6. The predicted molar refractivity (Wildman–Crippen MR) is 167 cm³/mol. The lowest BCUT2D eigenvalue weighted by molar-refractivity contribution is -0.149. The highest BCUT2D eigenvalue weighted by Crippen LogP contribution is 2.37. The third kappa shape index (κ3) is 6.51. The second-order valence-corrected chi connectivity index (χ2v) is 11.8. The van der Waals surface area contributed by atoms with Crippen LogP contribution in [0.3, 0.4) is 0 Å². The van der Waals surface area contributed by atoms with Gasteiger partial charge in [0.1, 0.15) is 35.4 Å². The molecule has 0 fully saturated rings. The van der Waals surface area contributed by atoms with Crippen LogP contribution in [0.5, 0.6) is 0 Å². The molecule has 2 heterocycles. The van der Waals surface area contributed by atoms with E-state index in [1.165, 1.54) is 5.56 Å². The number of aryl methyl sites for hydroxylation is 4. The van der Waals surface area contributed by atoms with E-state index >= 15 is 0 Å². The van der Waals surface area contributed by atoms with Gasteiger partial charge in [-0.2, -0.15) is 0 Å². The molecule has 3 aromatic carbocycles. The van der Waals surface area contributed by atoms with E-state index in [2.05, 4.69) is 42.5 Å². The van der Waals surface area contributed by atoms with E-state index in [1.807, 2.05) is 54.6 Å². The summed E-state index contributed by atoms with van der Waals surface area (Å²) in [5.74, 6) is 0.416. The fourth-order valence-electron chi connectivity index (χ4n) is 5.56. The zero-order chi connectivity index (χ0) is 31.6. The number of fused-ring (bicyclic) bond motifs is 1. The Labute approximate surface area is 257 Å². The Morgan fingerprint density at radius 2 is 1.73 bits per heavy atom. The molecule has 0 aliphatic carbocycles. The molecule has 1 amide bonds. The monoisotopic (exact) mass is 594 g/mol. The molecule has 228 valence electrons. The molecule has 2 aromatic heterocycles. The summed E-state index contributed by atoms with van der Waals surface area (Å²) in [4.78, 5) is 25.9. The predicted octanol–water partition coefficient (Wildman–Crippen LogP) is 6.55. The Hall–Kier alpha value is -4.53. The van der Waals surface area contributed by atoms with Crippen LogP contribution in [-0.2, 0) is 20.7 Å². The average Bonchev–Trinajstić information content (AvgIpc) is 3.57. The van der Waals surface area contributed by atoms with Crippen LogP contribution in [0, 0.1) is 27.7 Å². The minimum Gasteiger partial charge on any atom is -0.458 e. The number of aromatic nitrogens is 1. The fraction of sp³-hybridized carbons (Fsp3) is 0.306. The van der Waals surface area contributed by atoms with Crippen LogP contribution in [0.4, 0.5) is 0 Å². The number of benzene rings is 3. The average molecular weight is 595 g/mol. The molecule has 0 aliphatic heterocycles.